The van der Waals surface area contributed by atoms with E-state index < -0.39 is 0 Å². The second kappa shape index (κ2) is 9.55. The Hall–Kier alpha value is -2.49. The molecular formula is C26H33NO3. The fourth-order valence-electron chi connectivity index (χ4n) is 4.83. The second-order valence-corrected chi connectivity index (χ2v) is 8.75. The van der Waals surface area contributed by atoms with Crippen LogP contribution in [-0.4, -0.2) is 17.7 Å². The highest BCUT2D eigenvalue weighted by Gasteiger charge is 2.25. The van der Waals surface area contributed by atoms with Gasteiger partial charge in [0.1, 0.15) is 5.75 Å². The molecule has 160 valence electrons. The van der Waals surface area contributed by atoms with E-state index in [0.29, 0.717) is 23.8 Å². The van der Waals surface area contributed by atoms with Gasteiger partial charge in [0, 0.05) is 0 Å². The highest BCUT2D eigenvalue weighted by molar-refractivity contribution is 5.89. The van der Waals surface area contributed by atoms with E-state index in [0.717, 1.165) is 31.4 Å². The standard InChI is InChI=1S/C26H33NO3/c1-2-3-15-30-26(29)21-9-12-22-20(16-21)10-13-23(22)27-24-17-19(11-14-25(24)28)18-7-5-4-6-8-18/h9,11-12,14,16-18,23,27-28H,2-8,10,13,15H2,1H3. The largest absolute Gasteiger partial charge is 0.506 e. The van der Waals surface area contributed by atoms with E-state index >= 15 is 0 Å². The van der Waals surface area contributed by atoms with Gasteiger partial charge in [0.15, 0.2) is 0 Å². The van der Waals surface area contributed by atoms with Gasteiger partial charge in [0.05, 0.1) is 23.9 Å². The lowest BCUT2D eigenvalue weighted by Crippen LogP contribution is -2.10. The SMILES string of the molecule is CCCCOC(=O)c1ccc2c(c1)CCC2Nc1cc(C2CCCCC2)ccc1O. The molecule has 4 heteroatoms. The minimum atomic E-state index is -0.236. The van der Waals surface area contributed by atoms with Gasteiger partial charge < -0.3 is 15.2 Å². The number of nitrogens with one attached hydrogen (secondary N) is 1. The number of phenols is 1. The Morgan fingerprint density at radius 1 is 1.10 bits per heavy atom. The van der Waals surface area contributed by atoms with Gasteiger partial charge in [-0.25, -0.2) is 4.79 Å². The minimum Gasteiger partial charge on any atom is -0.506 e. The summed E-state index contributed by atoms with van der Waals surface area (Å²) in [5.74, 6) is 0.677. The molecule has 0 saturated heterocycles. The maximum Gasteiger partial charge on any atom is 0.338 e. The zero-order valence-corrected chi connectivity index (χ0v) is 18.0. The molecule has 1 fully saturated rings. The van der Waals surface area contributed by atoms with Crippen LogP contribution < -0.4 is 5.32 Å². The van der Waals surface area contributed by atoms with Gasteiger partial charge in [-0.3, -0.25) is 0 Å². The Morgan fingerprint density at radius 2 is 1.93 bits per heavy atom. The molecule has 2 aliphatic carbocycles. The molecule has 1 atom stereocenters. The summed E-state index contributed by atoms with van der Waals surface area (Å²) < 4.78 is 5.35. The molecule has 1 unspecified atom stereocenters. The van der Waals surface area contributed by atoms with E-state index in [1.165, 1.54) is 48.8 Å². The Morgan fingerprint density at radius 3 is 2.73 bits per heavy atom. The van der Waals surface area contributed by atoms with Crippen molar-refractivity contribution < 1.29 is 14.6 Å². The van der Waals surface area contributed by atoms with E-state index in [1.807, 2.05) is 24.3 Å². The Labute approximate surface area is 179 Å². The number of aryl methyl sites for hydroxylation is 1. The van der Waals surface area contributed by atoms with Crippen LogP contribution in [0.1, 0.15) is 97.3 Å². The number of unbranched alkanes of at least 4 members (excludes halogenated alkanes) is 1. The first-order valence-electron chi connectivity index (χ1n) is 11.5. The fraction of sp³-hybridized carbons (Fsp3) is 0.500. The molecular weight excluding hydrogens is 374 g/mol. The number of hydrogen-bond acceptors (Lipinski definition) is 4. The number of aromatic hydroxyl groups is 1. The third kappa shape index (κ3) is 4.63. The normalized spacial score (nSPS) is 18.8. The number of anilines is 1. The van der Waals surface area contributed by atoms with Crippen molar-refractivity contribution in [2.24, 2.45) is 0 Å². The third-order valence-electron chi connectivity index (χ3n) is 6.61. The number of esters is 1. The summed E-state index contributed by atoms with van der Waals surface area (Å²) in [5.41, 5.74) is 5.19. The topological polar surface area (TPSA) is 58.6 Å². The first-order chi connectivity index (χ1) is 14.7. The number of ether oxygens (including phenoxy) is 1. The van der Waals surface area contributed by atoms with Gasteiger partial charge in [-0.2, -0.15) is 0 Å². The van der Waals surface area contributed by atoms with Crippen LogP contribution in [0, 0.1) is 0 Å². The smallest absolute Gasteiger partial charge is 0.338 e. The van der Waals surface area contributed by atoms with E-state index in [4.69, 9.17) is 4.74 Å². The third-order valence-corrected chi connectivity index (χ3v) is 6.61. The van der Waals surface area contributed by atoms with Gasteiger partial charge in [-0.05, 0) is 79.0 Å². The molecule has 30 heavy (non-hydrogen) atoms. The lowest BCUT2D eigenvalue weighted by Gasteiger charge is -2.24. The molecule has 0 bridgehead atoms. The summed E-state index contributed by atoms with van der Waals surface area (Å²) in [7, 11) is 0. The molecule has 2 aromatic rings. The summed E-state index contributed by atoms with van der Waals surface area (Å²) in [4.78, 5) is 12.3. The van der Waals surface area contributed by atoms with Crippen LogP contribution in [0.15, 0.2) is 36.4 Å². The second-order valence-electron chi connectivity index (χ2n) is 8.75. The lowest BCUT2D eigenvalue weighted by atomic mass is 9.84. The first kappa shape index (κ1) is 20.8. The number of benzene rings is 2. The molecule has 1 saturated carbocycles. The molecule has 0 radical (unpaired) electrons. The number of fused-ring (bicyclic) bond motifs is 1. The highest BCUT2D eigenvalue weighted by atomic mass is 16.5. The Kier molecular flexibility index (Phi) is 6.61. The van der Waals surface area contributed by atoms with Crippen LogP contribution in [0.2, 0.25) is 0 Å². The molecule has 0 aliphatic heterocycles. The van der Waals surface area contributed by atoms with Crippen LogP contribution >= 0.6 is 0 Å². The Balaban J connectivity index is 1.47. The van der Waals surface area contributed by atoms with E-state index in [9.17, 15) is 9.90 Å². The highest BCUT2D eigenvalue weighted by Crippen LogP contribution is 2.39. The fourth-order valence-corrected chi connectivity index (χ4v) is 4.83. The number of phenolic OH excluding ortho intramolecular Hbond substituents is 1. The minimum absolute atomic E-state index is 0.151. The van der Waals surface area contributed by atoms with E-state index in [2.05, 4.69) is 24.4 Å². The van der Waals surface area contributed by atoms with Crippen molar-refractivity contribution in [1.29, 1.82) is 0 Å². The van der Waals surface area contributed by atoms with E-state index in [-0.39, 0.29) is 12.0 Å². The summed E-state index contributed by atoms with van der Waals surface area (Å²) in [5, 5.41) is 14.0. The van der Waals surface area contributed by atoms with Crippen molar-refractivity contribution >= 4 is 11.7 Å². The molecule has 4 rings (SSSR count). The quantitative estimate of drug-likeness (QED) is 0.313. The van der Waals surface area contributed by atoms with E-state index in [1.54, 1.807) is 0 Å². The summed E-state index contributed by atoms with van der Waals surface area (Å²) >= 11 is 0. The average molecular weight is 408 g/mol. The van der Waals surface area contributed by atoms with Crippen molar-refractivity contribution in [1.82, 2.24) is 0 Å². The lowest BCUT2D eigenvalue weighted by molar-refractivity contribution is 0.0499. The van der Waals surface area contributed by atoms with Crippen molar-refractivity contribution in [2.75, 3.05) is 11.9 Å². The number of carbonyl (C=O) groups is 1. The summed E-state index contributed by atoms with van der Waals surface area (Å²) in [6, 6.07) is 12.1. The molecule has 2 aromatic carbocycles. The van der Waals surface area contributed by atoms with Gasteiger partial charge in [-0.1, -0.05) is 44.7 Å². The molecule has 2 N–H and O–H groups in total. The monoisotopic (exact) mass is 407 g/mol. The number of carbonyl (C=O) groups excluding carboxylic acids is 1. The van der Waals surface area contributed by atoms with Crippen molar-refractivity contribution in [2.45, 2.75) is 76.7 Å². The van der Waals surface area contributed by atoms with Crippen molar-refractivity contribution in [3.8, 4) is 5.75 Å². The summed E-state index contributed by atoms with van der Waals surface area (Å²) in [6.45, 7) is 2.56. The molecule has 0 spiro atoms. The molecule has 4 nitrogen and oxygen atoms in total. The van der Waals surface area contributed by atoms with Gasteiger partial charge in [0.25, 0.3) is 0 Å². The van der Waals surface area contributed by atoms with Crippen LogP contribution in [0.3, 0.4) is 0 Å². The maximum atomic E-state index is 12.3. The molecule has 0 aromatic heterocycles. The van der Waals surface area contributed by atoms with Crippen molar-refractivity contribution in [3.05, 3.63) is 58.7 Å². The van der Waals surface area contributed by atoms with Gasteiger partial charge >= 0.3 is 5.97 Å². The van der Waals surface area contributed by atoms with Gasteiger partial charge in [0.2, 0.25) is 0 Å². The van der Waals surface area contributed by atoms with Crippen LogP contribution in [0.25, 0.3) is 0 Å². The Bertz CT molecular complexity index is 886. The molecule has 0 heterocycles. The predicted octanol–water partition coefficient (Wildman–Crippen LogP) is 6.50. The molecule has 0 amide bonds. The van der Waals surface area contributed by atoms with Crippen molar-refractivity contribution in [3.63, 3.8) is 0 Å². The first-order valence-corrected chi connectivity index (χ1v) is 11.5. The van der Waals surface area contributed by atoms with Crippen LogP contribution in [0.4, 0.5) is 5.69 Å². The maximum absolute atomic E-state index is 12.3. The number of rotatable bonds is 7. The zero-order valence-electron chi connectivity index (χ0n) is 18.0. The van der Waals surface area contributed by atoms with Crippen LogP contribution in [-0.2, 0) is 11.2 Å². The average Bonchev–Trinajstić information content (AvgIpc) is 3.18. The molecule has 2 aliphatic rings. The predicted molar refractivity (Wildman–Crippen MR) is 120 cm³/mol. The van der Waals surface area contributed by atoms with Crippen LogP contribution in [0.5, 0.6) is 5.75 Å². The number of hydrogen-bond donors (Lipinski definition) is 2. The summed E-state index contributed by atoms with van der Waals surface area (Å²) in [6.07, 6.45) is 10.2. The van der Waals surface area contributed by atoms with Gasteiger partial charge in [-0.15, -0.1) is 0 Å². The zero-order chi connectivity index (χ0) is 20.9.